The van der Waals surface area contributed by atoms with E-state index in [9.17, 15) is 4.79 Å². The molecule has 7 nitrogen and oxygen atoms in total. The molecule has 204 valence electrons. The number of carbonyl (C=O) groups excluding carboxylic acids is 1. The van der Waals surface area contributed by atoms with Crippen molar-refractivity contribution in [3.63, 3.8) is 0 Å². The average molecular weight is 518 g/mol. The molecule has 0 N–H and O–H groups in total. The number of aromatic nitrogens is 2. The zero-order valence-corrected chi connectivity index (χ0v) is 23.5. The predicted molar refractivity (Wildman–Crippen MR) is 154 cm³/mol. The van der Waals surface area contributed by atoms with Crippen molar-refractivity contribution in [1.82, 2.24) is 19.6 Å². The van der Waals surface area contributed by atoms with E-state index in [-0.39, 0.29) is 12.5 Å². The highest BCUT2D eigenvalue weighted by Crippen LogP contribution is 2.30. The number of piperazine rings is 1. The summed E-state index contributed by atoms with van der Waals surface area (Å²) in [6.07, 6.45) is 0.945. The third kappa shape index (κ3) is 7.23. The van der Waals surface area contributed by atoms with Crippen LogP contribution in [-0.4, -0.2) is 71.4 Å². The molecule has 0 radical (unpaired) electrons. The van der Waals surface area contributed by atoms with Gasteiger partial charge >= 0.3 is 0 Å². The van der Waals surface area contributed by atoms with Crippen LogP contribution >= 0.6 is 0 Å². The molecule has 2 aromatic carbocycles. The van der Waals surface area contributed by atoms with Gasteiger partial charge in [-0.3, -0.25) is 4.79 Å². The summed E-state index contributed by atoms with van der Waals surface area (Å²) in [4.78, 5) is 20.4. The smallest absolute Gasteiger partial charge is 0.248 e. The second kappa shape index (κ2) is 13.6. The van der Waals surface area contributed by atoms with Crippen LogP contribution in [0.1, 0.15) is 44.0 Å². The van der Waals surface area contributed by atoms with Crippen molar-refractivity contribution in [3.05, 3.63) is 77.5 Å². The Morgan fingerprint density at radius 1 is 1.00 bits per heavy atom. The first kappa shape index (κ1) is 27.9. The molecule has 0 unspecified atom stereocenters. The van der Waals surface area contributed by atoms with Crippen molar-refractivity contribution in [1.29, 1.82) is 0 Å². The maximum Gasteiger partial charge on any atom is 0.248 e. The Morgan fingerprint density at radius 3 is 2.29 bits per heavy atom. The van der Waals surface area contributed by atoms with E-state index in [1.165, 1.54) is 0 Å². The highest BCUT2D eigenvalue weighted by Gasteiger charge is 2.27. The molecule has 38 heavy (non-hydrogen) atoms. The van der Waals surface area contributed by atoms with Crippen LogP contribution in [0.4, 0.5) is 5.82 Å². The molecule has 1 fully saturated rings. The minimum absolute atomic E-state index is 0.0233. The minimum atomic E-state index is 0.0233. The van der Waals surface area contributed by atoms with Crippen LogP contribution in [0.5, 0.6) is 0 Å². The van der Waals surface area contributed by atoms with Gasteiger partial charge < -0.3 is 19.4 Å². The molecule has 1 aliphatic heterocycles. The van der Waals surface area contributed by atoms with E-state index >= 15 is 0 Å². The van der Waals surface area contributed by atoms with Gasteiger partial charge in [0.25, 0.3) is 0 Å². The molecule has 2 heterocycles. The molecule has 1 aliphatic rings. The zero-order chi connectivity index (χ0) is 26.9. The molecule has 1 amide bonds. The van der Waals surface area contributed by atoms with E-state index < -0.39 is 0 Å². The highest BCUT2D eigenvalue weighted by molar-refractivity contribution is 5.77. The lowest BCUT2D eigenvalue weighted by atomic mass is 10.1. The van der Waals surface area contributed by atoms with Crippen LogP contribution in [-0.2, 0) is 22.7 Å². The summed E-state index contributed by atoms with van der Waals surface area (Å²) in [5.74, 6) is 1.64. The first-order valence-electron chi connectivity index (χ1n) is 14.0. The lowest BCUT2D eigenvalue weighted by Crippen LogP contribution is -2.47. The Kier molecular flexibility index (Phi) is 9.96. The molecule has 0 atom stereocenters. The third-order valence-electron chi connectivity index (χ3n) is 7.29. The summed E-state index contributed by atoms with van der Waals surface area (Å²) in [6, 6.07) is 20.3. The molecule has 3 aromatic rings. The topological polar surface area (TPSA) is 53.8 Å². The van der Waals surface area contributed by atoms with Gasteiger partial charge in [-0.25, -0.2) is 4.68 Å². The average Bonchev–Trinajstić information content (AvgIpc) is 3.27. The van der Waals surface area contributed by atoms with Crippen LogP contribution in [0.25, 0.3) is 5.69 Å². The molecule has 0 saturated carbocycles. The second-order valence-electron chi connectivity index (χ2n) is 10.5. The summed E-state index contributed by atoms with van der Waals surface area (Å²) < 4.78 is 7.93. The number of carbonyl (C=O) groups is 1. The summed E-state index contributed by atoms with van der Waals surface area (Å²) >= 11 is 0. The third-order valence-corrected chi connectivity index (χ3v) is 7.29. The SMILES string of the molecule is CCN1CCN(c2c(CN(CCC(C)C)C(=O)COCc3ccccc3)c(C)nn2-c2ccccc2)CC1. The molecular weight excluding hydrogens is 474 g/mol. The van der Waals surface area contributed by atoms with Gasteiger partial charge in [0, 0.05) is 38.3 Å². The largest absolute Gasteiger partial charge is 0.367 e. The maximum absolute atomic E-state index is 13.5. The molecule has 1 saturated heterocycles. The Balaban J connectivity index is 1.58. The number of aryl methyl sites for hydroxylation is 1. The van der Waals surface area contributed by atoms with Gasteiger partial charge in [0.15, 0.2) is 0 Å². The Bertz CT molecular complexity index is 1140. The number of benzene rings is 2. The predicted octanol–water partition coefficient (Wildman–Crippen LogP) is 4.91. The van der Waals surface area contributed by atoms with E-state index in [0.717, 1.165) is 67.5 Å². The summed E-state index contributed by atoms with van der Waals surface area (Å²) in [6.45, 7) is 15.4. The van der Waals surface area contributed by atoms with E-state index in [0.29, 0.717) is 25.6 Å². The van der Waals surface area contributed by atoms with Gasteiger partial charge in [-0.1, -0.05) is 69.3 Å². The van der Waals surface area contributed by atoms with Crippen LogP contribution in [0, 0.1) is 12.8 Å². The number of anilines is 1. The lowest BCUT2D eigenvalue weighted by molar-refractivity contribution is -0.137. The first-order valence-corrected chi connectivity index (χ1v) is 14.0. The minimum Gasteiger partial charge on any atom is -0.367 e. The lowest BCUT2D eigenvalue weighted by Gasteiger charge is -2.36. The van der Waals surface area contributed by atoms with Crippen LogP contribution in [0.3, 0.4) is 0 Å². The maximum atomic E-state index is 13.5. The van der Waals surface area contributed by atoms with Gasteiger partial charge in [0.1, 0.15) is 12.4 Å². The quantitative estimate of drug-likeness (QED) is 0.342. The van der Waals surface area contributed by atoms with Gasteiger partial charge in [-0.15, -0.1) is 0 Å². The normalized spacial score (nSPS) is 14.3. The Labute approximate surface area is 228 Å². The van der Waals surface area contributed by atoms with Gasteiger partial charge in [0.05, 0.1) is 24.5 Å². The molecule has 4 rings (SSSR count). The number of hydrogen-bond donors (Lipinski definition) is 0. The summed E-state index contributed by atoms with van der Waals surface area (Å²) in [5.41, 5.74) is 4.21. The van der Waals surface area contributed by atoms with Gasteiger partial charge in [0.2, 0.25) is 5.91 Å². The van der Waals surface area contributed by atoms with Gasteiger partial charge in [-0.05, 0) is 43.5 Å². The van der Waals surface area contributed by atoms with Crippen molar-refractivity contribution in [3.8, 4) is 5.69 Å². The monoisotopic (exact) mass is 517 g/mol. The number of hydrogen-bond acceptors (Lipinski definition) is 5. The zero-order valence-electron chi connectivity index (χ0n) is 23.5. The number of rotatable bonds is 12. The number of nitrogens with zero attached hydrogens (tertiary/aromatic N) is 5. The first-order chi connectivity index (χ1) is 18.5. The molecule has 0 bridgehead atoms. The van der Waals surface area contributed by atoms with E-state index in [1.807, 2.05) is 53.4 Å². The molecule has 1 aromatic heterocycles. The second-order valence-corrected chi connectivity index (χ2v) is 10.5. The number of likely N-dealkylation sites (N-methyl/N-ethyl adjacent to an activating group) is 1. The number of para-hydroxylation sites is 1. The summed E-state index contributed by atoms with van der Waals surface area (Å²) in [5, 5.41) is 5.00. The Hall–Kier alpha value is -3.16. The fraction of sp³-hybridized carbons (Fsp3) is 0.484. The molecule has 0 spiro atoms. The van der Waals surface area contributed by atoms with E-state index in [1.54, 1.807) is 0 Å². The van der Waals surface area contributed by atoms with Crippen molar-refractivity contribution >= 4 is 11.7 Å². The van der Waals surface area contributed by atoms with Crippen LogP contribution < -0.4 is 4.90 Å². The highest BCUT2D eigenvalue weighted by atomic mass is 16.5. The van der Waals surface area contributed by atoms with Crippen LogP contribution in [0.2, 0.25) is 0 Å². The van der Waals surface area contributed by atoms with Crippen molar-refractivity contribution < 1.29 is 9.53 Å². The number of ether oxygens (including phenoxy) is 1. The van der Waals surface area contributed by atoms with E-state index in [4.69, 9.17) is 9.84 Å². The standard InChI is InChI=1S/C31H43N5O2/c1-5-33-18-20-34(21-19-33)31-29(26(4)32-36(31)28-14-10-7-11-15-28)22-35(17-16-25(2)3)30(37)24-38-23-27-12-8-6-9-13-27/h6-15,25H,5,16-24H2,1-4H3. The van der Waals surface area contributed by atoms with Gasteiger partial charge in [-0.2, -0.15) is 5.10 Å². The van der Waals surface area contributed by atoms with E-state index in [2.05, 4.69) is 54.3 Å². The molecule has 0 aliphatic carbocycles. The Morgan fingerprint density at radius 2 is 1.66 bits per heavy atom. The van der Waals surface area contributed by atoms with Crippen molar-refractivity contribution in [2.24, 2.45) is 5.92 Å². The summed E-state index contributed by atoms with van der Waals surface area (Å²) in [7, 11) is 0. The molecular formula is C31H43N5O2. The van der Waals surface area contributed by atoms with Crippen molar-refractivity contribution in [2.75, 3.05) is 50.8 Å². The van der Waals surface area contributed by atoms with Crippen molar-refractivity contribution in [2.45, 2.75) is 47.3 Å². The number of amides is 1. The fourth-order valence-corrected chi connectivity index (χ4v) is 4.90. The van der Waals surface area contributed by atoms with Crippen LogP contribution in [0.15, 0.2) is 60.7 Å². The molecule has 7 heteroatoms. The fourth-order valence-electron chi connectivity index (χ4n) is 4.90.